The molecule has 0 N–H and O–H groups in total. The van der Waals surface area contributed by atoms with Crippen LogP contribution in [0, 0.1) is 11.3 Å². The highest BCUT2D eigenvalue weighted by molar-refractivity contribution is 5.43. The lowest BCUT2D eigenvalue weighted by molar-refractivity contribution is 0.455. The number of nitrogens with zero attached hydrogens (tertiary/aromatic N) is 1. The predicted octanol–water partition coefficient (Wildman–Crippen LogP) is 2.09. The number of quaternary nitrogens is 1. The fourth-order valence-corrected chi connectivity index (χ4v) is 1.75. The molecule has 2 nitrogen and oxygen atoms in total. The molecule has 1 fully saturated rings. The van der Waals surface area contributed by atoms with E-state index in [9.17, 15) is 5.21 Å². The van der Waals surface area contributed by atoms with E-state index in [-0.39, 0.29) is 4.65 Å². The number of hydroxylamine groups is 2. The van der Waals surface area contributed by atoms with Crippen molar-refractivity contribution in [2.45, 2.75) is 12.8 Å². The van der Waals surface area contributed by atoms with Crippen LogP contribution in [0.2, 0.25) is 0 Å². The zero-order chi connectivity index (χ0) is 8.44. The van der Waals surface area contributed by atoms with Gasteiger partial charge in [-0.25, -0.2) is 0 Å². The highest BCUT2D eigenvalue weighted by Gasteiger charge is 2.24. The quantitative estimate of drug-likeness (QED) is 0.458. The Kier molecular flexibility index (Phi) is 1.87. The second kappa shape index (κ2) is 2.88. The van der Waals surface area contributed by atoms with Crippen LogP contribution in [-0.4, -0.2) is 13.1 Å². The van der Waals surface area contributed by atoms with Crippen molar-refractivity contribution in [2.75, 3.05) is 13.1 Å². The van der Waals surface area contributed by atoms with Gasteiger partial charge in [-0.2, -0.15) is 0 Å². The summed E-state index contributed by atoms with van der Waals surface area (Å²) in [6.45, 7) is 1.48. The molecular formula is C10H12NO. The Bertz CT molecular complexity index is 252. The molecule has 0 amide bonds. The molecule has 2 rings (SSSR count). The first-order valence-corrected chi connectivity index (χ1v) is 4.36. The van der Waals surface area contributed by atoms with Gasteiger partial charge in [-0.1, -0.05) is 0 Å². The van der Waals surface area contributed by atoms with E-state index in [1.54, 1.807) is 0 Å². The van der Waals surface area contributed by atoms with E-state index in [4.69, 9.17) is 0 Å². The van der Waals surface area contributed by atoms with Gasteiger partial charge in [0, 0.05) is 25.0 Å². The molecule has 0 unspecified atom stereocenters. The summed E-state index contributed by atoms with van der Waals surface area (Å²) in [5.74, 6) is 0. The van der Waals surface area contributed by atoms with E-state index < -0.39 is 0 Å². The largest absolute Gasteiger partial charge is 0.627 e. The van der Waals surface area contributed by atoms with Crippen molar-refractivity contribution >= 4 is 5.69 Å². The van der Waals surface area contributed by atoms with Gasteiger partial charge >= 0.3 is 0 Å². The van der Waals surface area contributed by atoms with Crippen LogP contribution in [0.5, 0.6) is 0 Å². The molecule has 0 aromatic heterocycles. The number of hydrogen-bond acceptors (Lipinski definition) is 1. The normalized spacial score (nSPS) is 21.1. The van der Waals surface area contributed by atoms with Gasteiger partial charge in [0.2, 0.25) is 0 Å². The highest BCUT2D eigenvalue weighted by Crippen LogP contribution is 2.26. The Balaban J connectivity index is 2.29. The lowest BCUT2D eigenvalue weighted by Crippen LogP contribution is -2.39. The molecule has 1 heterocycles. The molecule has 1 radical (unpaired) electrons. The second-order valence-electron chi connectivity index (χ2n) is 3.30. The van der Waals surface area contributed by atoms with Crippen molar-refractivity contribution in [1.29, 1.82) is 0 Å². The predicted molar refractivity (Wildman–Crippen MR) is 49.4 cm³/mol. The molecule has 1 aliphatic heterocycles. The molecule has 1 aromatic rings. The van der Waals surface area contributed by atoms with Crippen LogP contribution in [0.3, 0.4) is 0 Å². The summed E-state index contributed by atoms with van der Waals surface area (Å²) in [6, 6.07) is 10.3. The number of hydrogen-bond donors (Lipinski definition) is 0. The van der Waals surface area contributed by atoms with Crippen LogP contribution in [0.25, 0.3) is 0 Å². The zero-order valence-electron chi connectivity index (χ0n) is 6.99. The molecule has 1 saturated heterocycles. The standard InChI is InChI=1S/C10H12NO/c12-11(8-4-5-9-11)10-6-2-1-3-7-10/h2-3,6-7H,4-5,8-9H2. The molecular weight excluding hydrogens is 150 g/mol. The lowest BCUT2D eigenvalue weighted by atomic mass is 10.3. The van der Waals surface area contributed by atoms with Gasteiger partial charge in [-0.15, -0.1) is 0 Å². The Labute approximate surface area is 72.6 Å². The summed E-state index contributed by atoms with van der Waals surface area (Å²) in [7, 11) is 0. The molecule has 1 aromatic carbocycles. The average molecular weight is 162 g/mol. The molecule has 0 bridgehead atoms. The van der Waals surface area contributed by atoms with Crippen molar-refractivity contribution in [3.05, 3.63) is 35.5 Å². The van der Waals surface area contributed by atoms with E-state index in [1.165, 1.54) is 0 Å². The van der Waals surface area contributed by atoms with Gasteiger partial charge in [-0.05, 0) is 18.2 Å². The van der Waals surface area contributed by atoms with Crippen molar-refractivity contribution < 1.29 is 0 Å². The first kappa shape index (κ1) is 7.77. The van der Waals surface area contributed by atoms with E-state index in [1.807, 2.05) is 24.3 Å². The topological polar surface area (TPSA) is 23.1 Å². The maximum absolute atomic E-state index is 12.0. The molecule has 0 spiro atoms. The molecule has 0 atom stereocenters. The van der Waals surface area contributed by atoms with Crippen LogP contribution in [-0.2, 0) is 0 Å². The summed E-state index contributed by atoms with van der Waals surface area (Å²) in [5.41, 5.74) is 0.881. The third-order valence-corrected chi connectivity index (χ3v) is 2.46. The third-order valence-electron chi connectivity index (χ3n) is 2.46. The third kappa shape index (κ3) is 1.24. The maximum Gasteiger partial charge on any atom is 0.132 e. The van der Waals surface area contributed by atoms with Crippen molar-refractivity contribution in [2.24, 2.45) is 0 Å². The average Bonchev–Trinajstić information content (AvgIpc) is 2.55. The van der Waals surface area contributed by atoms with Gasteiger partial charge in [-0.3, -0.25) is 0 Å². The van der Waals surface area contributed by atoms with E-state index in [2.05, 4.69) is 6.07 Å². The summed E-state index contributed by atoms with van der Waals surface area (Å²) in [5, 5.41) is 12.0. The number of rotatable bonds is 1. The van der Waals surface area contributed by atoms with Gasteiger partial charge in [0.25, 0.3) is 0 Å². The minimum Gasteiger partial charge on any atom is -0.627 e. The molecule has 63 valence electrons. The van der Waals surface area contributed by atoms with Crippen LogP contribution in [0.15, 0.2) is 24.3 Å². The zero-order valence-corrected chi connectivity index (χ0v) is 6.99. The van der Waals surface area contributed by atoms with Crippen LogP contribution in [0.1, 0.15) is 12.8 Å². The fraction of sp³-hybridized carbons (Fsp3) is 0.400. The Hall–Kier alpha value is -0.860. The summed E-state index contributed by atoms with van der Waals surface area (Å²) < 4.78 is -0.130. The SMILES string of the molecule is [O-][N+]1(c2cc[c]cc2)CCCC1. The van der Waals surface area contributed by atoms with Gasteiger partial charge in [0.05, 0.1) is 13.1 Å². The minimum absolute atomic E-state index is 0.130. The Morgan fingerprint density at radius 2 is 1.75 bits per heavy atom. The van der Waals surface area contributed by atoms with Gasteiger partial charge < -0.3 is 9.85 Å². The first-order valence-electron chi connectivity index (χ1n) is 4.36. The molecule has 2 heteroatoms. The maximum atomic E-state index is 12.0. The van der Waals surface area contributed by atoms with Crippen LogP contribution < -0.4 is 4.65 Å². The Morgan fingerprint density at radius 1 is 1.17 bits per heavy atom. The minimum atomic E-state index is -0.130. The van der Waals surface area contributed by atoms with Crippen LogP contribution >= 0.6 is 0 Å². The van der Waals surface area contributed by atoms with Gasteiger partial charge in [0.15, 0.2) is 0 Å². The summed E-state index contributed by atoms with van der Waals surface area (Å²) in [4.78, 5) is 0. The second-order valence-corrected chi connectivity index (χ2v) is 3.30. The summed E-state index contributed by atoms with van der Waals surface area (Å²) in [6.07, 6.45) is 2.12. The highest BCUT2D eigenvalue weighted by atomic mass is 16.5. The molecule has 1 aliphatic rings. The van der Waals surface area contributed by atoms with E-state index in [0.717, 1.165) is 31.6 Å². The molecule has 0 aliphatic carbocycles. The lowest BCUT2D eigenvalue weighted by Gasteiger charge is -2.37. The summed E-state index contributed by atoms with van der Waals surface area (Å²) >= 11 is 0. The van der Waals surface area contributed by atoms with Crippen molar-refractivity contribution in [3.63, 3.8) is 0 Å². The van der Waals surface area contributed by atoms with Gasteiger partial charge in [0.1, 0.15) is 5.69 Å². The fourth-order valence-electron chi connectivity index (χ4n) is 1.75. The van der Waals surface area contributed by atoms with E-state index >= 15 is 0 Å². The molecule has 12 heavy (non-hydrogen) atoms. The van der Waals surface area contributed by atoms with Crippen LogP contribution in [0.4, 0.5) is 5.69 Å². The van der Waals surface area contributed by atoms with Crippen molar-refractivity contribution in [3.8, 4) is 0 Å². The van der Waals surface area contributed by atoms with E-state index in [0.29, 0.717) is 0 Å². The Morgan fingerprint density at radius 3 is 2.33 bits per heavy atom. The van der Waals surface area contributed by atoms with Crippen molar-refractivity contribution in [1.82, 2.24) is 4.65 Å². The monoisotopic (exact) mass is 162 g/mol. The number of benzene rings is 1. The molecule has 0 saturated carbocycles. The first-order chi connectivity index (χ1) is 5.81. The smallest absolute Gasteiger partial charge is 0.132 e.